The maximum Gasteiger partial charge on any atom is 0.416 e. The Morgan fingerprint density at radius 1 is 0.805 bits per heavy atom. The van der Waals surface area contributed by atoms with Crippen LogP contribution in [-0.4, -0.2) is 21.7 Å². The molecule has 7 heteroatoms. The summed E-state index contributed by atoms with van der Waals surface area (Å²) in [5, 5.41) is 12.2. The van der Waals surface area contributed by atoms with Crippen molar-refractivity contribution < 1.29 is 23.1 Å². The van der Waals surface area contributed by atoms with Gasteiger partial charge in [-0.15, -0.1) is 0 Å². The Morgan fingerprint density at radius 2 is 1.56 bits per heavy atom. The Balaban J connectivity index is 1.39. The van der Waals surface area contributed by atoms with Gasteiger partial charge in [0.2, 0.25) is 17.2 Å². The maximum absolute atomic E-state index is 13.8. The van der Waals surface area contributed by atoms with Crippen LogP contribution in [0.2, 0.25) is 0 Å². The first kappa shape index (κ1) is 24.8. The minimum absolute atomic E-state index is 0.130. The zero-order valence-electron chi connectivity index (χ0n) is 21.8. The number of rotatable bonds is 3. The standard InChI is InChI=1S/C34H21F3N2O2/c1-20-8-6-10-22(16-20)38-18-26(24-12-2-4-14-28(24)38)30-32(40)31(33(30)41)27-19-39(29-15-5-3-13-25(27)29)23-11-7-9-21(17-23)34(35,36)37/h2-19H,1H3/p+1. The van der Waals surface area contributed by atoms with Gasteiger partial charge in [0, 0.05) is 41.0 Å². The van der Waals surface area contributed by atoms with Crippen molar-refractivity contribution >= 4 is 45.4 Å². The average Bonchev–Trinajstić information content (AvgIpc) is 3.52. The highest BCUT2D eigenvalue weighted by Gasteiger charge is 2.42. The summed E-state index contributed by atoms with van der Waals surface area (Å²) in [6.45, 7) is 2.01. The number of carbonyl (C=O) groups is 1. The van der Waals surface area contributed by atoms with E-state index in [-0.39, 0.29) is 22.7 Å². The lowest BCUT2D eigenvalue weighted by Gasteiger charge is -2.22. The molecule has 1 aliphatic heterocycles. The summed E-state index contributed by atoms with van der Waals surface area (Å²) in [4.78, 5) is 13.8. The van der Waals surface area contributed by atoms with Crippen LogP contribution >= 0.6 is 0 Å². The molecule has 41 heavy (non-hydrogen) atoms. The number of aliphatic hydroxyl groups excluding tert-OH is 1. The molecule has 1 aromatic heterocycles. The molecule has 1 aliphatic carbocycles. The van der Waals surface area contributed by atoms with E-state index in [0.29, 0.717) is 28.1 Å². The molecule has 0 bridgehead atoms. The number of aryl methyl sites for hydroxylation is 1. The molecular weight excluding hydrogens is 525 g/mol. The van der Waals surface area contributed by atoms with Crippen LogP contribution < -0.4 is 4.58 Å². The zero-order chi connectivity index (χ0) is 28.5. The van der Waals surface area contributed by atoms with Crippen LogP contribution in [0.25, 0.3) is 27.7 Å². The number of para-hydroxylation sites is 2. The first-order valence-corrected chi connectivity index (χ1v) is 13.0. The van der Waals surface area contributed by atoms with Gasteiger partial charge in [0.1, 0.15) is 5.76 Å². The molecule has 0 fully saturated rings. The monoisotopic (exact) mass is 547 g/mol. The molecule has 0 spiro atoms. The van der Waals surface area contributed by atoms with E-state index in [1.54, 1.807) is 41.1 Å². The predicted octanol–water partition coefficient (Wildman–Crippen LogP) is 8.18. The van der Waals surface area contributed by atoms with Gasteiger partial charge in [-0.1, -0.05) is 48.5 Å². The molecule has 7 rings (SSSR count). The van der Waals surface area contributed by atoms with Crippen LogP contribution in [0.1, 0.15) is 22.3 Å². The van der Waals surface area contributed by atoms with Gasteiger partial charge >= 0.3 is 6.18 Å². The normalized spacial score (nSPS) is 16.7. The molecule has 200 valence electrons. The number of benzene rings is 4. The lowest BCUT2D eigenvalue weighted by molar-refractivity contribution is -0.137. The number of ketones is 1. The minimum Gasteiger partial charge on any atom is -0.506 e. The number of fused-ring (bicyclic) bond motifs is 2. The molecule has 0 radical (unpaired) electrons. The Hall–Kier alpha value is -5.17. The van der Waals surface area contributed by atoms with Crippen molar-refractivity contribution in [3.63, 3.8) is 0 Å². The third-order valence-corrected chi connectivity index (χ3v) is 7.62. The van der Waals surface area contributed by atoms with Crippen molar-refractivity contribution in [3.05, 3.63) is 137 Å². The summed E-state index contributed by atoms with van der Waals surface area (Å²) in [5.74, 6) is -0.448. The molecule has 0 amide bonds. The Morgan fingerprint density at radius 3 is 2.34 bits per heavy atom. The fourth-order valence-electron chi connectivity index (χ4n) is 5.70. The largest absolute Gasteiger partial charge is 0.506 e. The Kier molecular flexibility index (Phi) is 5.41. The predicted molar refractivity (Wildman–Crippen MR) is 155 cm³/mol. The fraction of sp³-hybridized carbons (Fsp3) is 0.0588. The van der Waals surface area contributed by atoms with Crippen molar-refractivity contribution in [2.45, 2.75) is 13.1 Å². The minimum atomic E-state index is -4.49. The van der Waals surface area contributed by atoms with Gasteiger partial charge in [0.25, 0.3) is 0 Å². The van der Waals surface area contributed by atoms with Crippen molar-refractivity contribution in [1.29, 1.82) is 0 Å². The Bertz CT molecular complexity index is 2030. The summed E-state index contributed by atoms with van der Waals surface area (Å²) >= 11 is 0. The average molecular weight is 548 g/mol. The second-order valence-corrected chi connectivity index (χ2v) is 10.2. The van der Waals surface area contributed by atoms with Crippen LogP contribution in [0.3, 0.4) is 0 Å². The highest BCUT2D eigenvalue weighted by molar-refractivity contribution is 6.45. The number of hydrogen-bond donors (Lipinski definition) is 1. The summed E-state index contributed by atoms with van der Waals surface area (Å²) in [6, 6.07) is 27.9. The highest BCUT2D eigenvalue weighted by atomic mass is 19.4. The molecule has 2 heterocycles. The van der Waals surface area contributed by atoms with E-state index in [2.05, 4.69) is 0 Å². The smallest absolute Gasteiger partial charge is 0.416 e. The van der Waals surface area contributed by atoms with Gasteiger partial charge in [0.05, 0.1) is 33.4 Å². The van der Waals surface area contributed by atoms with Crippen LogP contribution in [-0.2, 0) is 11.0 Å². The van der Waals surface area contributed by atoms with E-state index >= 15 is 0 Å². The molecule has 0 unspecified atom stereocenters. The van der Waals surface area contributed by atoms with Gasteiger partial charge < -0.3 is 9.67 Å². The molecule has 4 aromatic carbocycles. The lowest BCUT2D eigenvalue weighted by Crippen LogP contribution is -2.22. The van der Waals surface area contributed by atoms with Crippen molar-refractivity contribution in [2.24, 2.45) is 0 Å². The second kappa shape index (κ2) is 8.93. The van der Waals surface area contributed by atoms with E-state index in [1.807, 2.05) is 66.2 Å². The van der Waals surface area contributed by atoms with Gasteiger partial charge in [-0.2, -0.15) is 17.7 Å². The number of Topliss-reactive ketones (excluding diaryl/α,β-unsaturated/α-hetero) is 1. The van der Waals surface area contributed by atoms with Crippen molar-refractivity contribution in [2.75, 3.05) is 0 Å². The number of aliphatic hydroxyl groups is 1. The van der Waals surface area contributed by atoms with E-state index in [9.17, 15) is 23.1 Å². The molecule has 5 aromatic rings. The van der Waals surface area contributed by atoms with Gasteiger partial charge in [-0.05, 0) is 42.8 Å². The van der Waals surface area contributed by atoms with Crippen molar-refractivity contribution in [1.82, 2.24) is 9.14 Å². The summed E-state index contributed by atoms with van der Waals surface area (Å²) < 4.78 is 44.0. The molecule has 4 nitrogen and oxygen atoms in total. The number of carbonyl (C=O) groups excluding carboxylic acids is 1. The summed E-state index contributed by atoms with van der Waals surface area (Å²) in [6.07, 6.45) is -1.00. The zero-order valence-corrected chi connectivity index (χ0v) is 21.8. The summed E-state index contributed by atoms with van der Waals surface area (Å²) in [7, 11) is 0. The lowest BCUT2D eigenvalue weighted by atomic mass is 9.80. The maximum atomic E-state index is 13.8. The van der Waals surface area contributed by atoms with Gasteiger partial charge in [0.15, 0.2) is 6.21 Å². The fourth-order valence-corrected chi connectivity index (χ4v) is 5.70. The van der Waals surface area contributed by atoms with Crippen LogP contribution in [0.5, 0.6) is 0 Å². The topological polar surface area (TPSA) is 45.2 Å². The SMILES string of the molecule is Cc1cccc(-n2cc(C3=C(O)C(=C4C=[N+](c5cccc(C(F)(F)F)c5)c5ccccc54)C3=O)c3ccccc32)c1. The van der Waals surface area contributed by atoms with Crippen molar-refractivity contribution in [3.8, 4) is 5.69 Å². The quantitative estimate of drug-likeness (QED) is 0.183. The molecule has 0 saturated carbocycles. The number of halogens is 3. The van der Waals surface area contributed by atoms with Crippen LogP contribution in [0.15, 0.2) is 115 Å². The van der Waals surface area contributed by atoms with Gasteiger partial charge in [-0.3, -0.25) is 4.79 Å². The molecule has 2 aliphatic rings. The molecule has 1 N–H and O–H groups in total. The number of alkyl halides is 3. The number of allylic oxidation sites excluding steroid dienone is 3. The third-order valence-electron chi connectivity index (χ3n) is 7.62. The van der Waals surface area contributed by atoms with E-state index in [4.69, 9.17) is 0 Å². The van der Waals surface area contributed by atoms with E-state index in [0.717, 1.165) is 34.3 Å². The number of hydrogen-bond acceptors (Lipinski definition) is 2. The third kappa shape index (κ3) is 3.84. The van der Waals surface area contributed by atoms with E-state index < -0.39 is 11.7 Å². The summed E-state index contributed by atoms with van der Waals surface area (Å²) in [5.41, 5.74) is 5.20. The second-order valence-electron chi connectivity index (χ2n) is 10.2. The van der Waals surface area contributed by atoms with Crippen LogP contribution in [0.4, 0.5) is 24.5 Å². The number of nitrogens with zero attached hydrogens (tertiary/aromatic N) is 2. The Labute approximate surface area is 233 Å². The number of aromatic nitrogens is 1. The first-order chi connectivity index (χ1) is 19.7. The molecular formula is C34H22F3N2O2+. The molecule has 0 atom stereocenters. The first-order valence-electron chi connectivity index (χ1n) is 13.0. The van der Waals surface area contributed by atoms with Crippen LogP contribution in [0, 0.1) is 6.92 Å². The van der Waals surface area contributed by atoms with E-state index in [1.165, 1.54) is 6.07 Å². The van der Waals surface area contributed by atoms with Gasteiger partial charge in [-0.25, -0.2) is 0 Å². The molecule has 0 saturated heterocycles. The highest BCUT2D eigenvalue weighted by Crippen LogP contribution is 2.46.